The fourth-order valence-electron chi connectivity index (χ4n) is 3.81. The summed E-state index contributed by atoms with van der Waals surface area (Å²) in [5.41, 5.74) is 4.01. The molecule has 0 radical (unpaired) electrons. The van der Waals surface area contributed by atoms with Gasteiger partial charge in [-0.15, -0.1) is 0 Å². The Kier molecular flexibility index (Phi) is 7.84. The topological polar surface area (TPSA) is 49.4 Å². The number of amides is 1. The molecule has 2 aromatic rings. The van der Waals surface area contributed by atoms with E-state index in [0.717, 1.165) is 67.0 Å². The van der Waals surface area contributed by atoms with Crippen molar-refractivity contribution in [3.05, 3.63) is 64.2 Å². The minimum Gasteiger partial charge on any atom is -0.316 e. The predicted molar refractivity (Wildman–Crippen MR) is 119 cm³/mol. The predicted octanol–water partition coefficient (Wildman–Crippen LogP) is 4.82. The Bertz CT molecular complexity index is 866. The summed E-state index contributed by atoms with van der Waals surface area (Å²) >= 11 is 6.16. The van der Waals surface area contributed by atoms with Crippen molar-refractivity contribution in [2.75, 3.05) is 24.5 Å². The maximum atomic E-state index is 12.5. The molecule has 0 unspecified atom stereocenters. The Morgan fingerprint density at radius 2 is 1.90 bits per heavy atom. The molecule has 1 aliphatic rings. The number of Topliss-reactive ketones (excluding diaryl/α,β-unsaturated/α-hetero) is 1. The van der Waals surface area contributed by atoms with Crippen LogP contribution in [0.3, 0.4) is 0 Å². The summed E-state index contributed by atoms with van der Waals surface area (Å²) in [6.07, 6.45) is 5.34. The number of rotatable bonds is 10. The van der Waals surface area contributed by atoms with Crippen LogP contribution in [0.4, 0.5) is 5.69 Å². The van der Waals surface area contributed by atoms with E-state index in [2.05, 4.69) is 11.4 Å². The van der Waals surface area contributed by atoms with Crippen LogP contribution in [0.5, 0.6) is 0 Å². The SMILES string of the molecule is CC(=O)N1CCc2cc(C(=O)CCCCCNCCc3ccccc3Cl)ccc21. The van der Waals surface area contributed by atoms with Gasteiger partial charge in [-0.3, -0.25) is 9.59 Å². The third-order valence-electron chi connectivity index (χ3n) is 5.46. The molecule has 0 aliphatic carbocycles. The van der Waals surface area contributed by atoms with Crippen molar-refractivity contribution in [2.45, 2.75) is 45.4 Å². The largest absolute Gasteiger partial charge is 0.316 e. The molecule has 2 aromatic carbocycles. The average molecular weight is 413 g/mol. The van der Waals surface area contributed by atoms with Crippen molar-refractivity contribution < 1.29 is 9.59 Å². The van der Waals surface area contributed by atoms with Crippen LogP contribution in [0.2, 0.25) is 5.02 Å². The van der Waals surface area contributed by atoms with Crippen molar-refractivity contribution in [3.63, 3.8) is 0 Å². The molecular weight excluding hydrogens is 384 g/mol. The average Bonchev–Trinajstić information content (AvgIpc) is 3.14. The number of anilines is 1. The van der Waals surface area contributed by atoms with Crippen LogP contribution in [-0.4, -0.2) is 31.3 Å². The molecule has 1 heterocycles. The van der Waals surface area contributed by atoms with Crippen LogP contribution in [0.25, 0.3) is 0 Å². The van der Waals surface area contributed by atoms with Gasteiger partial charge >= 0.3 is 0 Å². The maximum Gasteiger partial charge on any atom is 0.223 e. The zero-order chi connectivity index (χ0) is 20.6. The third-order valence-corrected chi connectivity index (χ3v) is 5.83. The number of carbonyl (C=O) groups excluding carboxylic acids is 2. The van der Waals surface area contributed by atoms with Crippen LogP contribution < -0.4 is 10.2 Å². The molecule has 3 rings (SSSR count). The van der Waals surface area contributed by atoms with Gasteiger partial charge in [-0.1, -0.05) is 36.2 Å². The number of nitrogens with zero attached hydrogens (tertiary/aromatic N) is 1. The number of benzene rings is 2. The lowest BCUT2D eigenvalue weighted by atomic mass is 10.0. The van der Waals surface area contributed by atoms with Crippen molar-refractivity contribution in [1.29, 1.82) is 0 Å². The van der Waals surface area contributed by atoms with Gasteiger partial charge in [0.15, 0.2) is 5.78 Å². The standard InChI is InChI=1S/C24H29ClN2O2/c1-18(28)27-16-13-20-17-21(10-11-23(20)27)24(29)9-3-2-6-14-26-15-12-19-7-4-5-8-22(19)25/h4-5,7-8,10-11,17,26H,2-3,6,9,12-16H2,1H3. The lowest BCUT2D eigenvalue weighted by Gasteiger charge is -2.14. The maximum absolute atomic E-state index is 12.5. The first-order chi connectivity index (χ1) is 14.1. The third kappa shape index (κ3) is 5.91. The first kappa shape index (κ1) is 21.5. The van der Waals surface area contributed by atoms with Crippen LogP contribution in [0.1, 0.15) is 54.1 Å². The van der Waals surface area contributed by atoms with Crippen molar-refractivity contribution >= 4 is 29.0 Å². The van der Waals surface area contributed by atoms with Crippen LogP contribution in [-0.2, 0) is 17.6 Å². The molecule has 154 valence electrons. The Morgan fingerprint density at radius 3 is 2.69 bits per heavy atom. The zero-order valence-electron chi connectivity index (χ0n) is 17.0. The minimum absolute atomic E-state index is 0.0586. The van der Waals surface area contributed by atoms with Gasteiger partial charge < -0.3 is 10.2 Å². The highest BCUT2D eigenvalue weighted by atomic mass is 35.5. The lowest BCUT2D eigenvalue weighted by Crippen LogP contribution is -2.25. The summed E-state index contributed by atoms with van der Waals surface area (Å²) in [5, 5.41) is 4.27. The quantitative estimate of drug-likeness (QED) is 0.449. The van der Waals surface area contributed by atoms with Gasteiger partial charge in [-0.2, -0.15) is 0 Å². The number of carbonyl (C=O) groups is 2. The van der Waals surface area contributed by atoms with E-state index in [1.54, 1.807) is 11.8 Å². The number of fused-ring (bicyclic) bond motifs is 1. The number of hydrogen-bond acceptors (Lipinski definition) is 3. The smallest absolute Gasteiger partial charge is 0.223 e. The lowest BCUT2D eigenvalue weighted by molar-refractivity contribution is -0.116. The Hall–Kier alpha value is -2.17. The second-order valence-corrected chi connectivity index (χ2v) is 8.00. The van der Waals surface area contributed by atoms with Gasteiger partial charge in [0.05, 0.1) is 0 Å². The molecular formula is C24H29ClN2O2. The summed E-state index contributed by atoms with van der Waals surface area (Å²) < 4.78 is 0. The highest BCUT2D eigenvalue weighted by Gasteiger charge is 2.22. The fraction of sp³-hybridized carbons (Fsp3) is 0.417. The Morgan fingerprint density at radius 1 is 1.07 bits per heavy atom. The summed E-state index contributed by atoms with van der Waals surface area (Å²) in [4.78, 5) is 25.9. The van der Waals surface area contributed by atoms with E-state index in [9.17, 15) is 9.59 Å². The molecule has 0 saturated heterocycles. The van der Waals surface area contributed by atoms with Crippen molar-refractivity contribution in [3.8, 4) is 0 Å². The highest BCUT2D eigenvalue weighted by Crippen LogP contribution is 2.29. The van der Waals surface area contributed by atoms with Gasteiger partial charge in [0.2, 0.25) is 5.91 Å². The van der Waals surface area contributed by atoms with Crippen molar-refractivity contribution in [2.24, 2.45) is 0 Å². The number of halogens is 1. The molecule has 1 aliphatic heterocycles. The van der Waals surface area contributed by atoms with E-state index < -0.39 is 0 Å². The first-order valence-corrected chi connectivity index (χ1v) is 10.8. The molecule has 1 amide bonds. The molecule has 0 spiro atoms. The number of hydrogen-bond donors (Lipinski definition) is 1. The van der Waals surface area contributed by atoms with Gasteiger partial charge in [0.25, 0.3) is 0 Å². The summed E-state index contributed by atoms with van der Waals surface area (Å²) in [5.74, 6) is 0.254. The molecule has 0 atom stereocenters. The van der Waals surface area contributed by atoms with E-state index in [1.807, 2.05) is 36.4 Å². The van der Waals surface area contributed by atoms with E-state index in [-0.39, 0.29) is 11.7 Å². The molecule has 0 fully saturated rings. The molecule has 0 saturated carbocycles. The molecule has 1 N–H and O–H groups in total. The Balaban J connectivity index is 1.31. The van der Waals surface area contributed by atoms with Gasteiger partial charge in [0, 0.05) is 36.2 Å². The Labute approximate surface area is 178 Å². The minimum atomic E-state index is 0.0586. The second-order valence-electron chi connectivity index (χ2n) is 7.59. The monoisotopic (exact) mass is 412 g/mol. The van der Waals surface area contributed by atoms with E-state index >= 15 is 0 Å². The van der Waals surface area contributed by atoms with Crippen LogP contribution >= 0.6 is 11.6 Å². The summed E-state index contributed by atoms with van der Waals surface area (Å²) in [7, 11) is 0. The molecule has 0 aromatic heterocycles. The molecule has 4 nitrogen and oxygen atoms in total. The van der Waals surface area contributed by atoms with Crippen molar-refractivity contribution in [1.82, 2.24) is 5.32 Å². The summed E-state index contributed by atoms with van der Waals surface area (Å²) in [6.45, 7) is 4.17. The van der Waals surface area contributed by atoms with Crippen LogP contribution in [0, 0.1) is 0 Å². The van der Waals surface area contributed by atoms with Gasteiger partial charge in [0.1, 0.15) is 0 Å². The molecule has 29 heavy (non-hydrogen) atoms. The first-order valence-electron chi connectivity index (χ1n) is 10.4. The highest BCUT2D eigenvalue weighted by molar-refractivity contribution is 6.31. The summed E-state index contributed by atoms with van der Waals surface area (Å²) in [6, 6.07) is 13.7. The number of ketones is 1. The van der Waals surface area contributed by atoms with E-state index in [0.29, 0.717) is 13.0 Å². The van der Waals surface area contributed by atoms with E-state index in [1.165, 1.54) is 5.56 Å². The van der Waals surface area contributed by atoms with Crippen LogP contribution in [0.15, 0.2) is 42.5 Å². The normalized spacial score (nSPS) is 12.8. The molecule has 5 heteroatoms. The van der Waals surface area contributed by atoms with E-state index in [4.69, 9.17) is 11.6 Å². The van der Waals surface area contributed by atoms with Gasteiger partial charge in [-0.05, 0) is 74.2 Å². The fourth-order valence-corrected chi connectivity index (χ4v) is 4.04. The number of nitrogens with one attached hydrogen (secondary N) is 1. The zero-order valence-corrected chi connectivity index (χ0v) is 17.8. The van der Waals surface area contributed by atoms with Gasteiger partial charge in [-0.25, -0.2) is 0 Å². The second kappa shape index (κ2) is 10.6. The number of unbranched alkanes of at least 4 members (excludes halogenated alkanes) is 2. The molecule has 0 bridgehead atoms.